The highest BCUT2D eigenvalue weighted by molar-refractivity contribution is 6.30. The minimum atomic E-state index is -0.364. The van der Waals surface area contributed by atoms with E-state index >= 15 is 0 Å². The minimum Gasteiger partial charge on any atom is -0.326 e. The molecule has 3 rings (SSSR count). The third-order valence-corrected chi connectivity index (χ3v) is 3.19. The van der Waals surface area contributed by atoms with Gasteiger partial charge in [-0.1, -0.05) is 35.9 Å². The fourth-order valence-corrected chi connectivity index (χ4v) is 2.18. The van der Waals surface area contributed by atoms with Crippen LogP contribution in [-0.2, 0) is 6.54 Å². The third kappa shape index (κ3) is 1.87. The van der Waals surface area contributed by atoms with E-state index in [0.717, 1.165) is 11.0 Å². The molecule has 0 atom stereocenters. The Kier molecular flexibility index (Phi) is 2.76. The zero-order chi connectivity index (χ0) is 12.5. The normalized spacial score (nSPS) is 11.0. The van der Waals surface area contributed by atoms with Crippen molar-refractivity contribution < 1.29 is 4.39 Å². The Bertz CT molecular complexity index is 706. The average molecular weight is 261 g/mol. The number of para-hydroxylation sites is 2. The molecular weight excluding hydrogens is 251 g/mol. The van der Waals surface area contributed by atoms with E-state index in [2.05, 4.69) is 4.98 Å². The first kappa shape index (κ1) is 11.2. The first-order valence-electron chi connectivity index (χ1n) is 5.58. The molecule has 90 valence electrons. The lowest BCUT2D eigenvalue weighted by molar-refractivity contribution is 0.602. The van der Waals surface area contributed by atoms with Gasteiger partial charge in [0, 0.05) is 5.56 Å². The van der Waals surface area contributed by atoms with E-state index in [-0.39, 0.29) is 10.8 Å². The molecule has 0 unspecified atom stereocenters. The molecule has 0 radical (unpaired) electrons. The van der Waals surface area contributed by atoms with Crippen molar-refractivity contribution in [2.45, 2.75) is 6.54 Å². The number of rotatable bonds is 2. The van der Waals surface area contributed by atoms with E-state index in [1.165, 1.54) is 0 Å². The fraction of sp³-hybridized carbons (Fsp3) is 0.0714. The smallest absolute Gasteiger partial charge is 0.146 e. The maximum atomic E-state index is 13.8. The molecule has 0 bridgehead atoms. The number of halogens is 2. The van der Waals surface area contributed by atoms with Crippen molar-refractivity contribution in [2.24, 2.45) is 0 Å². The number of hydrogen-bond donors (Lipinski definition) is 0. The molecule has 0 aliphatic rings. The van der Waals surface area contributed by atoms with Gasteiger partial charge in [0.15, 0.2) is 0 Å². The monoisotopic (exact) mass is 260 g/mol. The summed E-state index contributed by atoms with van der Waals surface area (Å²) in [5.74, 6) is -0.364. The van der Waals surface area contributed by atoms with Crippen molar-refractivity contribution in [1.29, 1.82) is 0 Å². The van der Waals surface area contributed by atoms with Crippen molar-refractivity contribution in [2.75, 3.05) is 0 Å². The largest absolute Gasteiger partial charge is 0.326 e. The molecular formula is C14H10ClFN2. The number of benzene rings is 2. The Balaban J connectivity index is 2.04. The summed E-state index contributed by atoms with van der Waals surface area (Å²) in [5, 5.41) is 0.150. The van der Waals surface area contributed by atoms with Gasteiger partial charge in [-0.3, -0.25) is 0 Å². The van der Waals surface area contributed by atoms with Crippen LogP contribution in [0.25, 0.3) is 11.0 Å². The van der Waals surface area contributed by atoms with Gasteiger partial charge in [0.25, 0.3) is 0 Å². The number of aromatic nitrogens is 2. The van der Waals surface area contributed by atoms with E-state index in [1.807, 2.05) is 28.8 Å². The number of nitrogens with zero attached hydrogens (tertiary/aromatic N) is 2. The highest BCUT2D eigenvalue weighted by atomic mass is 35.5. The van der Waals surface area contributed by atoms with Gasteiger partial charge in [0.2, 0.25) is 0 Å². The van der Waals surface area contributed by atoms with Gasteiger partial charge < -0.3 is 4.57 Å². The second-order valence-electron chi connectivity index (χ2n) is 4.07. The zero-order valence-electron chi connectivity index (χ0n) is 9.48. The first-order chi connectivity index (χ1) is 8.75. The van der Waals surface area contributed by atoms with Crippen LogP contribution in [0.2, 0.25) is 5.02 Å². The summed E-state index contributed by atoms with van der Waals surface area (Å²) >= 11 is 5.77. The van der Waals surface area contributed by atoms with Gasteiger partial charge in [-0.2, -0.15) is 0 Å². The van der Waals surface area contributed by atoms with Crippen LogP contribution in [0.1, 0.15) is 5.56 Å². The van der Waals surface area contributed by atoms with E-state index in [9.17, 15) is 4.39 Å². The van der Waals surface area contributed by atoms with Gasteiger partial charge in [0.1, 0.15) is 5.82 Å². The van der Waals surface area contributed by atoms with Gasteiger partial charge in [-0.25, -0.2) is 9.37 Å². The predicted octanol–water partition coefficient (Wildman–Crippen LogP) is 3.88. The highest BCUT2D eigenvalue weighted by Crippen LogP contribution is 2.20. The zero-order valence-corrected chi connectivity index (χ0v) is 10.2. The molecule has 0 amide bonds. The predicted molar refractivity (Wildman–Crippen MR) is 70.2 cm³/mol. The van der Waals surface area contributed by atoms with E-state index in [0.29, 0.717) is 12.1 Å². The number of hydrogen-bond acceptors (Lipinski definition) is 1. The highest BCUT2D eigenvalue weighted by Gasteiger charge is 2.08. The molecule has 4 heteroatoms. The summed E-state index contributed by atoms with van der Waals surface area (Å²) < 4.78 is 15.7. The van der Waals surface area contributed by atoms with Crippen LogP contribution in [0.4, 0.5) is 4.39 Å². The first-order valence-corrected chi connectivity index (χ1v) is 5.96. The molecule has 18 heavy (non-hydrogen) atoms. The van der Waals surface area contributed by atoms with Crippen molar-refractivity contribution in [3.8, 4) is 0 Å². The van der Waals surface area contributed by atoms with Crippen LogP contribution in [-0.4, -0.2) is 9.55 Å². The second-order valence-corrected chi connectivity index (χ2v) is 4.48. The molecule has 0 aliphatic carbocycles. The van der Waals surface area contributed by atoms with Crippen molar-refractivity contribution in [3.63, 3.8) is 0 Å². The Labute approximate surface area is 109 Å². The van der Waals surface area contributed by atoms with Gasteiger partial charge in [-0.05, 0) is 18.2 Å². The molecule has 0 spiro atoms. The van der Waals surface area contributed by atoms with Gasteiger partial charge in [-0.15, -0.1) is 0 Å². The van der Waals surface area contributed by atoms with Gasteiger partial charge in [0.05, 0.1) is 28.9 Å². The molecule has 2 aromatic carbocycles. The van der Waals surface area contributed by atoms with E-state index in [1.54, 1.807) is 24.5 Å². The summed E-state index contributed by atoms with van der Waals surface area (Å²) in [5.41, 5.74) is 2.45. The molecule has 3 aromatic rings. The molecule has 0 saturated carbocycles. The minimum absolute atomic E-state index is 0.150. The molecule has 0 saturated heterocycles. The third-order valence-electron chi connectivity index (χ3n) is 2.90. The molecule has 0 N–H and O–H groups in total. The summed E-state index contributed by atoms with van der Waals surface area (Å²) in [7, 11) is 0. The number of imidazole rings is 1. The van der Waals surface area contributed by atoms with Crippen LogP contribution >= 0.6 is 11.6 Å². The maximum absolute atomic E-state index is 13.8. The van der Waals surface area contributed by atoms with Crippen LogP contribution in [0, 0.1) is 5.82 Å². The lowest BCUT2D eigenvalue weighted by Gasteiger charge is -2.06. The Morgan fingerprint density at radius 2 is 1.94 bits per heavy atom. The van der Waals surface area contributed by atoms with Gasteiger partial charge >= 0.3 is 0 Å². The molecule has 1 aromatic heterocycles. The van der Waals surface area contributed by atoms with Crippen LogP contribution < -0.4 is 0 Å². The average Bonchev–Trinajstić information content (AvgIpc) is 2.79. The van der Waals surface area contributed by atoms with Crippen molar-refractivity contribution in [3.05, 3.63) is 65.2 Å². The Morgan fingerprint density at radius 1 is 1.11 bits per heavy atom. The van der Waals surface area contributed by atoms with Crippen LogP contribution in [0.3, 0.4) is 0 Å². The lowest BCUT2D eigenvalue weighted by Crippen LogP contribution is -2.00. The SMILES string of the molecule is Fc1c(Cl)cccc1Cn1cnc2ccccc21. The fourth-order valence-electron chi connectivity index (χ4n) is 1.99. The Morgan fingerprint density at radius 3 is 2.83 bits per heavy atom. The summed E-state index contributed by atoms with van der Waals surface area (Å²) in [6.45, 7) is 0.424. The van der Waals surface area contributed by atoms with E-state index in [4.69, 9.17) is 11.6 Å². The summed E-state index contributed by atoms with van der Waals surface area (Å²) in [4.78, 5) is 4.27. The van der Waals surface area contributed by atoms with E-state index < -0.39 is 0 Å². The second kappa shape index (κ2) is 4.42. The quantitative estimate of drug-likeness (QED) is 0.684. The summed E-state index contributed by atoms with van der Waals surface area (Å²) in [6, 6.07) is 12.8. The number of fused-ring (bicyclic) bond motifs is 1. The lowest BCUT2D eigenvalue weighted by atomic mass is 10.2. The van der Waals surface area contributed by atoms with Crippen LogP contribution in [0.5, 0.6) is 0 Å². The van der Waals surface area contributed by atoms with Crippen molar-refractivity contribution >= 4 is 22.6 Å². The Hall–Kier alpha value is -1.87. The standard InChI is InChI=1S/C14H10ClFN2/c15-11-5-3-4-10(14(11)16)8-18-9-17-12-6-1-2-7-13(12)18/h1-7,9H,8H2. The maximum Gasteiger partial charge on any atom is 0.146 e. The topological polar surface area (TPSA) is 17.8 Å². The molecule has 0 fully saturated rings. The molecule has 2 nitrogen and oxygen atoms in total. The van der Waals surface area contributed by atoms with Crippen molar-refractivity contribution in [1.82, 2.24) is 9.55 Å². The van der Waals surface area contributed by atoms with Crippen LogP contribution in [0.15, 0.2) is 48.8 Å². The molecule has 1 heterocycles. The summed E-state index contributed by atoms with van der Waals surface area (Å²) in [6.07, 6.45) is 1.71. The molecule has 0 aliphatic heterocycles.